The zero-order valence-electron chi connectivity index (χ0n) is 13.3. The van der Waals surface area contributed by atoms with E-state index in [4.69, 9.17) is 4.74 Å². The standard InChI is InChI=1S/C19H19NO3/c1-19(2,23-13-14-8-4-3-5-9-14)18(22)20-12-17(21)15-10-6-7-11-16(15)20/h3-11H,12-13H2,1-2H3. The molecule has 23 heavy (non-hydrogen) atoms. The van der Waals surface area contributed by atoms with Crippen LogP contribution in [0.3, 0.4) is 0 Å². The van der Waals surface area contributed by atoms with Crippen LogP contribution in [0.4, 0.5) is 5.69 Å². The predicted molar refractivity (Wildman–Crippen MR) is 88.4 cm³/mol. The molecule has 2 aromatic rings. The van der Waals surface area contributed by atoms with Crippen LogP contribution < -0.4 is 4.90 Å². The number of nitrogens with zero attached hydrogens (tertiary/aromatic N) is 1. The van der Waals surface area contributed by atoms with Crippen molar-refractivity contribution in [3.05, 3.63) is 65.7 Å². The van der Waals surface area contributed by atoms with E-state index >= 15 is 0 Å². The fourth-order valence-corrected chi connectivity index (χ4v) is 2.66. The molecular formula is C19H19NO3. The van der Waals surface area contributed by atoms with Crippen LogP contribution in [-0.4, -0.2) is 23.8 Å². The quantitative estimate of drug-likeness (QED) is 0.871. The molecule has 1 heterocycles. The lowest BCUT2D eigenvalue weighted by Gasteiger charge is -2.29. The summed E-state index contributed by atoms with van der Waals surface area (Å²) in [5, 5.41) is 0. The molecule has 1 amide bonds. The summed E-state index contributed by atoms with van der Waals surface area (Å²) in [6, 6.07) is 16.9. The van der Waals surface area contributed by atoms with Crippen LogP contribution in [0.15, 0.2) is 54.6 Å². The number of amides is 1. The van der Waals surface area contributed by atoms with Crippen LogP contribution in [-0.2, 0) is 16.1 Å². The van der Waals surface area contributed by atoms with Gasteiger partial charge in [0.2, 0.25) is 0 Å². The molecule has 4 heteroatoms. The number of ketones is 1. The molecule has 118 valence electrons. The van der Waals surface area contributed by atoms with Gasteiger partial charge in [-0.25, -0.2) is 0 Å². The van der Waals surface area contributed by atoms with Gasteiger partial charge in [-0.3, -0.25) is 9.59 Å². The van der Waals surface area contributed by atoms with Crippen molar-refractivity contribution in [1.82, 2.24) is 0 Å². The Morgan fingerprint density at radius 1 is 1.09 bits per heavy atom. The van der Waals surface area contributed by atoms with E-state index in [1.165, 1.54) is 4.90 Å². The molecule has 0 fully saturated rings. The topological polar surface area (TPSA) is 46.6 Å². The normalized spacial score (nSPS) is 14.0. The summed E-state index contributed by atoms with van der Waals surface area (Å²) < 4.78 is 5.84. The van der Waals surface area contributed by atoms with Gasteiger partial charge in [0, 0.05) is 5.56 Å². The van der Waals surface area contributed by atoms with E-state index in [0.29, 0.717) is 17.9 Å². The average molecular weight is 309 g/mol. The van der Waals surface area contributed by atoms with E-state index in [1.807, 2.05) is 42.5 Å². The molecule has 2 aromatic carbocycles. The lowest BCUT2D eigenvalue weighted by molar-refractivity contribution is -0.141. The Morgan fingerprint density at radius 3 is 2.48 bits per heavy atom. The Bertz CT molecular complexity index is 737. The van der Waals surface area contributed by atoms with Crippen LogP contribution in [0, 0.1) is 0 Å². The Labute approximate surface area is 135 Å². The van der Waals surface area contributed by atoms with Crippen molar-refractivity contribution in [2.45, 2.75) is 26.1 Å². The van der Waals surface area contributed by atoms with Crippen molar-refractivity contribution in [3.8, 4) is 0 Å². The summed E-state index contributed by atoms with van der Waals surface area (Å²) >= 11 is 0. The number of para-hydroxylation sites is 1. The van der Waals surface area contributed by atoms with E-state index < -0.39 is 5.60 Å². The largest absolute Gasteiger partial charge is 0.361 e. The number of anilines is 1. The van der Waals surface area contributed by atoms with Gasteiger partial charge >= 0.3 is 0 Å². The molecule has 3 rings (SSSR count). The zero-order chi connectivity index (χ0) is 16.4. The van der Waals surface area contributed by atoms with E-state index in [-0.39, 0.29) is 18.2 Å². The van der Waals surface area contributed by atoms with Gasteiger partial charge in [0.25, 0.3) is 5.91 Å². The highest BCUT2D eigenvalue weighted by Crippen LogP contribution is 2.30. The van der Waals surface area contributed by atoms with Crippen LogP contribution in [0.5, 0.6) is 0 Å². The summed E-state index contributed by atoms with van der Waals surface area (Å²) in [7, 11) is 0. The fraction of sp³-hybridized carbons (Fsp3) is 0.263. The van der Waals surface area contributed by atoms with Crippen LogP contribution in [0.1, 0.15) is 29.8 Å². The molecule has 0 aliphatic carbocycles. The molecule has 0 saturated heterocycles. The van der Waals surface area contributed by atoms with Crippen LogP contribution in [0.25, 0.3) is 0 Å². The number of rotatable bonds is 4. The first-order valence-electron chi connectivity index (χ1n) is 7.61. The monoisotopic (exact) mass is 309 g/mol. The maximum absolute atomic E-state index is 12.8. The van der Waals surface area contributed by atoms with Crippen molar-refractivity contribution in [3.63, 3.8) is 0 Å². The predicted octanol–water partition coefficient (Wildman–Crippen LogP) is 3.21. The van der Waals surface area contributed by atoms with Crippen molar-refractivity contribution in [2.24, 2.45) is 0 Å². The van der Waals surface area contributed by atoms with Crippen LogP contribution in [0.2, 0.25) is 0 Å². The molecule has 4 nitrogen and oxygen atoms in total. The number of carbonyl (C=O) groups is 2. The van der Waals surface area contributed by atoms with Gasteiger partial charge in [0.15, 0.2) is 5.78 Å². The second-order valence-corrected chi connectivity index (χ2v) is 6.12. The van der Waals surface area contributed by atoms with Crippen molar-refractivity contribution < 1.29 is 14.3 Å². The minimum Gasteiger partial charge on any atom is -0.361 e. The summed E-state index contributed by atoms with van der Waals surface area (Å²) in [5.74, 6) is -0.237. The van der Waals surface area contributed by atoms with Gasteiger partial charge in [-0.2, -0.15) is 0 Å². The second kappa shape index (κ2) is 5.97. The highest BCUT2D eigenvalue weighted by Gasteiger charge is 2.39. The third-order valence-corrected chi connectivity index (χ3v) is 4.00. The Balaban J connectivity index is 1.76. The minimum absolute atomic E-state index is 0.0344. The molecular weight excluding hydrogens is 290 g/mol. The molecule has 0 radical (unpaired) electrons. The molecule has 0 atom stereocenters. The van der Waals surface area contributed by atoms with Gasteiger partial charge in [-0.1, -0.05) is 42.5 Å². The van der Waals surface area contributed by atoms with Gasteiger partial charge < -0.3 is 9.64 Å². The first-order chi connectivity index (χ1) is 11.0. The molecule has 0 saturated carbocycles. The van der Waals surface area contributed by atoms with Crippen molar-refractivity contribution in [2.75, 3.05) is 11.4 Å². The number of ether oxygens (including phenoxy) is 1. The summed E-state index contributed by atoms with van der Waals surface area (Å²) in [5.41, 5.74) is 1.26. The minimum atomic E-state index is -1.01. The zero-order valence-corrected chi connectivity index (χ0v) is 13.3. The fourth-order valence-electron chi connectivity index (χ4n) is 2.66. The number of fused-ring (bicyclic) bond motifs is 1. The van der Waals surface area contributed by atoms with Gasteiger partial charge in [0.05, 0.1) is 18.8 Å². The highest BCUT2D eigenvalue weighted by atomic mass is 16.5. The number of Topliss-reactive ketones (excluding diaryl/α,β-unsaturated/α-hetero) is 1. The molecule has 1 aliphatic rings. The third-order valence-electron chi connectivity index (χ3n) is 4.00. The van der Waals surface area contributed by atoms with Crippen molar-refractivity contribution >= 4 is 17.4 Å². The first kappa shape index (κ1) is 15.4. The maximum atomic E-state index is 12.8. The van der Waals surface area contributed by atoms with E-state index in [0.717, 1.165) is 5.56 Å². The SMILES string of the molecule is CC(C)(OCc1ccccc1)C(=O)N1CC(=O)c2ccccc21. The number of hydrogen-bond acceptors (Lipinski definition) is 3. The molecule has 0 aromatic heterocycles. The molecule has 0 spiro atoms. The van der Waals surface area contributed by atoms with Gasteiger partial charge in [-0.15, -0.1) is 0 Å². The second-order valence-electron chi connectivity index (χ2n) is 6.12. The molecule has 0 bridgehead atoms. The lowest BCUT2D eigenvalue weighted by atomic mass is 10.1. The van der Waals surface area contributed by atoms with Gasteiger partial charge in [-0.05, 0) is 31.5 Å². The van der Waals surface area contributed by atoms with Gasteiger partial charge in [0.1, 0.15) is 5.60 Å². The van der Waals surface area contributed by atoms with Crippen molar-refractivity contribution in [1.29, 1.82) is 0 Å². The number of carbonyl (C=O) groups excluding carboxylic acids is 2. The lowest BCUT2D eigenvalue weighted by Crippen LogP contribution is -2.46. The Hall–Kier alpha value is -2.46. The number of benzene rings is 2. The summed E-state index contributed by atoms with van der Waals surface area (Å²) in [4.78, 5) is 26.4. The van der Waals surface area contributed by atoms with E-state index in [9.17, 15) is 9.59 Å². The van der Waals surface area contributed by atoms with E-state index in [2.05, 4.69) is 0 Å². The van der Waals surface area contributed by atoms with E-state index in [1.54, 1.807) is 26.0 Å². The summed E-state index contributed by atoms with van der Waals surface area (Å²) in [6.45, 7) is 3.91. The first-order valence-corrected chi connectivity index (χ1v) is 7.61. The Kier molecular flexibility index (Phi) is 4.01. The Morgan fingerprint density at radius 2 is 1.74 bits per heavy atom. The van der Waals surface area contributed by atoms with Crippen LogP contribution >= 0.6 is 0 Å². The maximum Gasteiger partial charge on any atom is 0.259 e. The smallest absolute Gasteiger partial charge is 0.259 e. The highest BCUT2D eigenvalue weighted by molar-refractivity contribution is 6.16. The summed E-state index contributed by atoms with van der Waals surface area (Å²) in [6.07, 6.45) is 0. The average Bonchev–Trinajstić information content (AvgIpc) is 2.91. The third kappa shape index (κ3) is 3.03. The molecule has 0 unspecified atom stereocenters. The molecule has 1 aliphatic heterocycles. The molecule has 0 N–H and O–H groups in total. The number of hydrogen-bond donors (Lipinski definition) is 0.